The first-order valence-electron chi connectivity index (χ1n) is 10.2. The molecule has 3 aromatic rings. The average molecular weight is 564 g/mol. The van der Waals surface area contributed by atoms with Crippen molar-refractivity contribution in [2.75, 3.05) is 12.4 Å². The van der Waals surface area contributed by atoms with Crippen LogP contribution in [0.1, 0.15) is 31.8 Å². The second kappa shape index (κ2) is 11.5. The number of hydrogen-bond donors (Lipinski definition) is 2. The quantitative estimate of drug-likeness (QED) is 0.354. The van der Waals surface area contributed by atoms with E-state index in [1.54, 1.807) is 48.5 Å². The Hall–Kier alpha value is -2.87. The third kappa shape index (κ3) is 6.17. The van der Waals surface area contributed by atoms with E-state index >= 15 is 0 Å². The summed E-state index contributed by atoms with van der Waals surface area (Å²) in [6.07, 6.45) is 0.201. The highest BCUT2D eigenvalue weighted by Crippen LogP contribution is 2.25. The largest absolute Gasteiger partial charge is 0.467 e. The van der Waals surface area contributed by atoms with Crippen molar-refractivity contribution in [1.29, 1.82) is 0 Å². The number of aryl methyl sites for hydroxylation is 1. The lowest BCUT2D eigenvalue weighted by Gasteiger charge is -2.18. The van der Waals surface area contributed by atoms with Crippen LogP contribution in [0.3, 0.4) is 0 Å². The highest BCUT2D eigenvalue weighted by atomic mass is 79.9. The van der Waals surface area contributed by atoms with Gasteiger partial charge in [0.2, 0.25) is 0 Å². The molecule has 0 fully saturated rings. The summed E-state index contributed by atoms with van der Waals surface area (Å²) in [5.41, 5.74) is 2.69. The van der Waals surface area contributed by atoms with Gasteiger partial charge in [0, 0.05) is 16.6 Å². The third-order valence-electron chi connectivity index (χ3n) is 5.08. The Labute approximate surface area is 215 Å². The van der Waals surface area contributed by atoms with Gasteiger partial charge in [0.1, 0.15) is 6.04 Å². The summed E-state index contributed by atoms with van der Waals surface area (Å²) in [5.74, 6) is -1.39. The van der Waals surface area contributed by atoms with Gasteiger partial charge < -0.3 is 15.4 Å². The zero-order chi connectivity index (χ0) is 24.8. The first-order chi connectivity index (χ1) is 16.2. The number of carbonyl (C=O) groups excluding carboxylic acids is 3. The molecular weight excluding hydrogens is 543 g/mol. The van der Waals surface area contributed by atoms with E-state index < -0.39 is 17.9 Å². The maximum atomic E-state index is 12.9. The number of nitrogens with one attached hydrogen (secondary N) is 2. The molecule has 0 saturated heterocycles. The van der Waals surface area contributed by atoms with Crippen LogP contribution >= 0.6 is 39.1 Å². The van der Waals surface area contributed by atoms with Crippen molar-refractivity contribution >= 4 is 62.6 Å². The van der Waals surface area contributed by atoms with Gasteiger partial charge in [-0.2, -0.15) is 0 Å². The first kappa shape index (κ1) is 25.7. The minimum atomic E-state index is -0.897. The third-order valence-corrected chi connectivity index (χ3v) is 6.37. The standard InChI is InChI=1S/C25H21BrCl2N2O4/c1-14-5-3-6-17(26)21(14)23(31)30-20(25(33)34-2)13-15-9-11-16(12-10-15)29-24(32)22-18(27)7-4-8-19(22)28/h3-12,20H,13H2,1-2H3,(H,29,32)(H,30,31)/t20-/m0/s1. The summed E-state index contributed by atoms with van der Waals surface area (Å²) >= 11 is 15.6. The second-order valence-corrected chi connectivity index (χ2v) is 9.10. The molecule has 0 aromatic heterocycles. The van der Waals surface area contributed by atoms with Crippen LogP contribution in [0.2, 0.25) is 10.0 Å². The lowest BCUT2D eigenvalue weighted by atomic mass is 10.0. The van der Waals surface area contributed by atoms with E-state index in [1.807, 2.05) is 19.1 Å². The Morgan fingerprint density at radius 1 is 0.912 bits per heavy atom. The van der Waals surface area contributed by atoms with Crippen LogP contribution in [0.4, 0.5) is 5.69 Å². The van der Waals surface area contributed by atoms with Crippen LogP contribution in [0, 0.1) is 6.92 Å². The zero-order valence-electron chi connectivity index (χ0n) is 18.3. The molecule has 34 heavy (non-hydrogen) atoms. The van der Waals surface area contributed by atoms with Crippen molar-refractivity contribution in [1.82, 2.24) is 5.32 Å². The molecule has 3 rings (SSSR count). The number of esters is 1. The molecule has 0 bridgehead atoms. The van der Waals surface area contributed by atoms with Crippen molar-refractivity contribution in [2.45, 2.75) is 19.4 Å². The number of ether oxygens (including phenoxy) is 1. The highest BCUT2D eigenvalue weighted by Gasteiger charge is 2.24. The minimum absolute atomic E-state index is 0.186. The van der Waals surface area contributed by atoms with Gasteiger partial charge in [-0.25, -0.2) is 4.79 Å². The zero-order valence-corrected chi connectivity index (χ0v) is 21.4. The molecule has 0 unspecified atom stereocenters. The fourth-order valence-electron chi connectivity index (χ4n) is 3.35. The molecule has 0 aliphatic carbocycles. The SMILES string of the molecule is COC(=O)[C@H](Cc1ccc(NC(=O)c2c(Cl)cccc2Cl)cc1)NC(=O)c1c(C)cccc1Br. The molecule has 0 aliphatic heterocycles. The Kier molecular flexibility index (Phi) is 8.72. The van der Waals surface area contributed by atoms with Crippen LogP contribution in [0.5, 0.6) is 0 Å². The summed E-state index contributed by atoms with van der Waals surface area (Å²) in [5, 5.41) is 6.00. The second-order valence-electron chi connectivity index (χ2n) is 7.43. The molecule has 9 heteroatoms. The summed E-state index contributed by atoms with van der Waals surface area (Å²) in [7, 11) is 1.27. The molecule has 2 amide bonds. The molecule has 2 N–H and O–H groups in total. The molecule has 6 nitrogen and oxygen atoms in total. The van der Waals surface area contributed by atoms with Gasteiger partial charge in [-0.15, -0.1) is 0 Å². The average Bonchev–Trinajstić information content (AvgIpc) is 2.79. The number of methoxy groups -OCH3 is 1. The van der Waals surface area contributed by atoms with E-state index in [2.05, 4.69) is 26.6 Å². The molecule has 0 radical (unpaired) electrons. The fourth-order valence-corrected chi connectivity index (χ4v) is 4.57. The summed E-state index contributed by atoms with van der Waals surface area (Å²) in [4.78, 5) is 37.8. The highest BCUT2D eigenvalue weighted by molar-refractivity contribution is 9.10. The lowest BCUT2D eigenvalue weighted by Crippen LogP contribution is -2.43. The van der Waals surface area contributed by atoms with E-state index in [0.29, 0.717) is 15.7 Å². The number of anilines is 1. The monoisotopic (exact) mass is 562 g/mol. The molecule has 0 spiro atoms. The Bertz CT molecular complexity index is 1190. The van der Waals surface area contributed by atoms with Gasteiger partial charge in [0.05, 0.1) is 28.3 Å². The van der Waals surface area contributed by atoms with Gasteiger partial charge in [-0.05, 0) is 64.3 Å². The molecule has 1 atom stereocenters. The smallest absolute Gasteiger partial charge is 0.328 e. The molecular formula is C25H21BrCl2N2O4. The number of rotatable bonds is 7. The summed E-state index contributed by atoms with van der Waals surface area (Å²) in [6, 6.07) is 16.2. The van der Waals surface area contributed by atoms with Crippen LogP contribution < -0.4 is 10.6 Å². The van der Waals surface area contributed by atoms with Gasteiger partial charge in [-0.1, -0.05) is 53.5 Å². The molecule has 176 valence electrons. The van der Waals surface area contributed by atoms with Crippen molar-refractivity contribution in [3.8, 4) is 0 Å². The normalized spacial score (nSPS) is 11.4. The number of amides is 2. The van der Waals surface area contributed by atoms with Crippen LogP contribution in [-0.2, 0) is 16.0 Å². The van der Waals surface area contributed by atoms with Crippen LogP contribution in [0.15, 0.2) is 65.1 Å². The van der Waals surface area contributed by atoms with Crippen molar-refractivity contribution in [3.05, 3.63) is 97.4 Å². The maximum Gasteiger partial charge on any atom is 0.328 e. The van der Waals surface area contributed by atoms with E-state index in [1.165, 1.54) is 7.11 Å². The van der Waals surface area contributed by atoms with E-state index in [0.717, 1.165) is 11.1 Å². The molecule has 0 heterocycles. The van der Waals surface area contributed by atoms with Crippen molar-refractivity contribution in [3.63, 3.8) is 0 Å². The van der Waals surface area contributed by atoms with Crippen LogP contribution in [-0.4, -0.2) is 30.9 Å². The summed E-state index contributed by atoms with van der Waals surface area (Å²) < 4.78 is 5.51. The van der Waals surface area contributed by atoms with Gasteiger partial charge in [0.15, 0.2) is 0 Å². The molecule has 0 saturated carbocycles. The Morgan fingerprint density at radius 3 is 2.12 bits per heavy atom. The van der Waals surface area contributed by atoms with Crippen molar-refractivity contribution < 1.29 is 19.1 Å². The molecule has 0 aliphatic rings. The molecule has 3 aromatic carbocycles. The van der Waals surface area contributed by atoms with E-state index in [-0.39, 0.29) is 27.9 Å². The van der Waals surface area contributed by atoms with Gasteiger partial charge in [0.25, 0.3) is 11.8 Å². The number of halogens is 3. The number of benzene rings is 3. The Morgan fingerprint density at radius 2 is 1.53 bits per heavy atom. The van der Waals surface area contributed by atoms with Gasteiger partial charge >= 0.3 is 5.97 Å². The Balaban J connectivity index is 1.72. The lowest BCUT2D eigenvalue weighted by molar-refractivity contribution is -0.142. The van der Waals surface area contributed by atoms with E-state index in [9.17, 15) is 14.4 Å². The topological polar surface area (TPSA) is 84.5 Å². The van der Waals surface area contributed by atoms with Gasteiger partial charge in [-0.3, -0.25) is 9.59 Å². The predicted octanol–water partition coefficient (Wildman–Crippen LogP) is 5.83. The fraction of sp³-hybridized carbons (Fsp3) is 0.160. The summed E-state index contributed by atoms with van der Waals surface area (Å²) in [6.45, 7) is 1.82. The number of hydrogen-bond acceptors (Lipinski definition) is 4. The maximum absolute atomic E-state index is 12.9. The van der Waals surface area contributed by atoms with Crippen molar-refractivity contribution in [2.24, 2.45) is 0 Å². The number of carbonyl (C=O) groups is 3. The van der Waals surface area contributed by atoms with E-state index in [4.69, 9.17) is 27.9 Å². The first-order valence-corrected chi connectivity index (χ1v) is 11.7. The minimum Gasteiger partial charge on any atom is -0.467 e. The predicted molar refractivity (Wildman–Crippen MR) is 137 cm³/mol. The van der Waals surface area contributed by atoms with Crippen LogP contribution in [0.25, 0.3) is 0 Å².